The van der Waals surface area contributed by atoms with E-state index in [4.69, 9.17) is 8.94 Å². The van der Waals surface area contributed by atoms with Crippen LogP contribution in [-0.2, 0) is 11.8 Å². The third kappa shape index (κ3) is 3.56. The first kappa shape index (κ1) is 18.4. The Morgan fingerprint density at radius 2 is 2.04 bits per heavy atom. The molecule has 28 heavy (non-hydrogen) atoms. The lowest BCUT2D eigenvalue weighted by atomic mass is 9.80. The standard InChI is InChI=1S/C21H22FN3O3/c1-14-11-18(24-28-14)19(26)25-9-7-21(2,8-10-25)20-23-13-16(27-20)12-15-5-3-4-6-17(15)22/h3-6,11,13H,7-10,12H2,1-2H3. The predicted octanol–water partition coefficient (Wildman–Crippen LogP) is 3.89. The summed E-state index contributed by atoms with van der Waals surface area (Å²) in [6.07, 6.45) is 3.50. The molecule has 1 aliphatic heterocycles. The number of piperidine rings is 1. The third-order valence-electron chi connectivity index (χ3n) is 5.39. The minimum absolute atomic E-state index is 0.119. The summed E-state index contributed by atoms with van der Waals surface area (Å²) < 4.78 is 24.8. The van der Waals surface area contributed by atoms with Crippen molar-refractivity contribution in [3.05, 3.63) is 71.0 Å². The van der Waals surface area contributed by atoms with Gasteiger partial charge < -0.3 is 13.8 Å². The van der Waals surface area contributed by atoms with E-state index in [1.165, 1.54) is 6.07 Å². The lowest BCUT2D eigenvalue weighted by Crippen LogP contribution is -2.44. The van der Waals surface area contributed by atoms with Crippen LogP contribution in [0.4, 0.5) is 4.39 Å². The molecule has 1 fully saturated rings. The average Bonchev–Trinajstić information content (AvgIpc) is 3.33. The number of hydrogen-bond donors (Lipinski definition) is 0. The van der Waals surface area contributed by atoms with Gasteiger partial charge in [-0.25, -0.2) is 9.37 Å². The van der Waals surface area contributed by atoms with Crippen LogP contribution in [0.25, 0.3) is 0 Å². The topological polar surface area (TPSA) is 72.4 Å². The van der Waals surface area contributed by atoms with Crippen LogP contribution in [0, 0.1) is 12.7 Å². The van der Waals surface area contributed by atoms with Gasteiger partial charge in [-0.05, 0) is 31.4 Å². The number of hydrogen-bond acceptors (Lipinski definition) is 5. The maximum Gasteiger partial charge on any atom is 0.276 e. The Balaban J connectivity index is 1.42. The number of carbonyl (C=O) groups is 1. The zero-order valence-corrected chi connectivity index (χ0v) is 15.9. The van der Waals surface area contributed by atoms with E-state index in [2.05, 4.69) is 17.1 Å². The molecule has 3 heterocycles. The Bertz CT molecular complexity index is 986. The van der Waals surface area contributed by atoms with Crippen LogP contribution < -0.4 is 0 Å². The molecule has 0 aliphatic carbocycles. The molecular weight excluding hydrogens is 361 g/mol. The highest BCUT2D eigenvalue weighted by Crippen LogP contribution is 2.35. The van der Waals surface area contributed by atoms with Crippen molar-refractivity contribution >= 4 is 5.91 Å². The van der Waals surface area contributed by atoms with Gasteiger partial charge in [0.1, 0.15) is 17.3 Å². The normalized spacial score (nSPS) is 16.3. The van der Waals surface area contributed by atoms with Crippen LogP contribution >= 0.6 is 0 Å². The largest absolute Gasteiger partial charge is 0.445 e. The third-order valence-corrected chi connectivity index (χ3v) is 5.39. The lowest BCUT2D eigenvalue weighted by molar-refractivity contribution is 0.0647. The monoisotopic (exact) mass is 383 g/mol. The summed E-state index contributed by atoms with van der Waals surface area (Å²) in [5.74, 6) is 1.53. The number of aromatic nitrogens is 2. The fraction of sp³-hybridized carbons (Fsp3) is 0.381. The van der Waals surface area contributed by atoms with E-state index in [1.807, 2.05) is 0 Å². The van der Waals surface area contributed by atoms with Crippen molar-refractivity contribution in [2.75, 3.05) is 13.1 Å². The van der Waals surface area contributed by atoms with Crippen molar-refractivity contribution in [1.82, 2.24) is 15.0 Å². The van der Waals surface area contributed by atoms with Crippen LogP contribution in [0.5, 0.6) is 0 Å². The summed E-state index contributed by atoms with van der Waals surface area (Å²) in [7, 11) is 0. The molecule has 1 aromatic carbocycles. The molecule has 0 radical (unpaired) electrons. The number of likely N-dealkylation sites (tertiary alicyclic amines) is 1. The quantitative estimate of drug-likeness (QED) is 0.683. The van der Waals surface area contributed by atoms with E-state index < -0.39 is 0 Å². The number of nitrogens with zero attached hydrogens (tertiary/aromatic N) is 3. The Labute approximate surface area is 162 Å². The molecule has 2 aromatic heterocycles. The van der Waals surface area contributed by atoms with Gasteiger partial charge in [0, 0.05) is 31.0 Å². The van der Waals surface area contributed by atoms with Crippen molar-refractivity contribution in [3.63, 3.8) is 0 Å². The summed E-state index contributed by atoms with van der Waals surface area (Å²) in [6.45, 7) is 5.03. The first-order chi connectivity index (χ1) is 13.4. The SMILES string of the molecule is Cc1cc(C(=O)N2CCC(C)(c3ncc(Cc4ccccc4F)o3)CC2)no1. The van der Waals surface area contributed by atoms with Gasteiger partial charge in [0.25, 0.3) is 5.91 Å². The molecule has 4 rings (SSSR count). The fourth-order valence-corrected chi connectivity index (χ4v) is 3.54. The lowest BCUT2D eigenvalue weighted by Gasteiger charge is -2.37. The summed E-state index contributed by atoms with van der Waals surface area (Å²) in [5.41, 5.74) is 0.660. The van der Waals surface area contributed by atoms with Crippen molar-refractivity contribution < 1.29 is 18.1 Å². The molecule has 1 amide bonds. The van der Waals surface area contributed by atoms with Gasteiger partial charge in [-0.1, -0.05) is 30.3 Å². The van der Waals surface area contributed by atoms with Gasteiger partial charge in [-0.3, -0.25) is 4.79 Å². The molecule has 1 aliphatic rings. The van der Waals surface area contributed by atoms with E-state index in [0.29, 0.717) is 48.2 Å². The molecule has 6 nitrogen and oxygen atoms in total. The van der Waals surface area contributed by atoms with Crippen LogP contribution in [0.2, 0.25) is 0 Å². The maximum absolute atomic E-state index is 13.9. The average molecular weight is 383 g/mol. The molecule has 0 saturated carbocycles. The molecule has 0 atom stereocenters. The Hall–Kier alpha value is -2.96. The Morgan fingerprint density at radius 3 is 2.71 bits per heavy atom. The van der Waals surface area contributed by atoms with Gasteiger partial charge in [0.2, 0.25) is 0 Å². The second-order valence-electron chi connectivity index (χ2n) is 7.58. The molecule has 1 saturated heterocycles. The van der Waals surface area contributed by atoms with Crippen molar-refractivity contribution in [3.8, 4) is 0 Å². The first-order valence-electron chi connectivity index (χ1n) is 9.36. The second-order valence-corrected chi connectivity index (χ2v) is 7.58. The number of benzene rings is 1. The van der Waals surface area contributed by atoms with Crippen molar-refractivity contribution in [1.29, 1.82) is 0 Å². The number of halogens is 1. The minimum atomic E-state index is -0.260. The van der Waals surface area contributed by atoms with Crippen molar-refractivity contribution in [2.45, 2.75) is 38.5 Å². The highest BCUT2D eigenvalue weighted by atomic mass is 19.1. The fourth-order valence-electron chi connectivity index (χ4n) is 3.54. The van der Waals surface area contributed by atoms with E-state index in [0.717, 1.165) is 12.8 Å². The van der Waals surface area contributed by atoms with Gasteiger partial charge in [-0.15, -0.1) is 0 Å². The highest BCUT2D eigenvalue weighted by molar-refractivity contribution is 5.92. The van der Waals surface area contributed by atoms with E-state index in [1.54, 1.807) is 42.3 Å². The summed E-state index contributed by atoms with van der Waals surface area (Å²) in [4.78, 5) is 18.8. The van der Waals surface area contributed by atoms with Gasteiger partial charge in [0.05, 0.1) is 6.20 Å². The smallest absolute Gasteiger partial charge is 0.276 e. The molecule has 7 heteroatoms. The molecule has 3 aromatic rings. The second kappa shape index (κ2) is 7.22. The van der Waals surface area contributed by atoms with Crippen molar-refractivity contribution in [2.24, 2.45) is 0 Å². The van der Waals surface area contributed by atoms with E-state index in [-0.39, 0.29) is 17.1 Å². The number of rotatable bonds is 4. The maximum atomic E-state index is 13.9. The van der Waals surface area contributed by atoms with Crippen LogP contribution in [0.1, 0.15) is 53.2 Å². The summed E-state index contributed by atoms with van der Waals surface area (Å²) in [6, 6.07) is 8.31. The number of oxazole rings is 1. The number of carbonyl (C=O) groups excluding carboxylic acids is 1. The molecule has 0 N–H and O–H groups in total. The highest BCUT2D eigenvalue weighted by Gasteiger charge is 2.37. The van der Waals surface area contributed by atoms with E-state index >= 15 is 0 Å². The summed E-state index contributed by atoms with van der Waals surface area (Å²) in [5, 5.41) is 3.81. The number of aryl methyl sites for hydroxylation is 1. The molecule has 146 valence electrons. The zero-order chi connectivity index (χ0) is 19.7. The van der Waals surface area contributed by atoms with E-state index in [9.17, 15) is 9.18 Å². The van der Waals surface area contributed by atoms with Crippen LogP contribution in [0.3, 0.4) is 0 Å². The first-order valence-corrected chi connectivity index (χ1v) is 9.36. The molecule has 0 spiro atoms. The summed E-state index contributed by atoms with van der Waals surface area (Å²) >= 11 is 0. The zero-order valence-electron chi connectivity index (χ0n) is 15.9. The molecular formula is C21H22FN3O3. The van der Waals surface area contributed by atoms with Gasteiger partial charge >= 0.3 is 0 Å². The molecule has 0 bridgehead atoms. The van der Waals surface area contributed by atoms with Crippen LogP contribution in [0.15, 0.2) is 45.5 Å². The Kier molecular flexibility index (Phi) is 4.75. The Morgan fingerprint density at radius 1 is 1.29 bits per heavy atom. The molecule has 0 unspecified atom stereocenters. The number of amides is 1. The minimum Gasteiger partial charge on any atom is -0.445 e. The van der Waals surface area contributed by atoms with Gasteiger partial charge in [0.15, 0.2) is 11.6 Å². The van der Waals surface area contributed by atoms with Gasteiger partial charge in [-0.2, -0.15) is 0 Å². The predicted molar refractivity (Wildman–Crippen MR) is 99.4 cm³/mol. The van der Waals surface area contributed by atoms with Crippen LogP contribution in [-0.4, -0.2) is 34.0 Å².